The molecule has 0 fully saturated rings. The molecular formula is C14H12OS. The third-order valence-electron chi connectivity index (χ3n) is 2.50. The molecule has 0 saturated carbocycles. The number of carbonyl (C=O) groups excluding carboxylic acids is 1. The lowest BCUT2D eigenvalue weighted by Gasteiger charge is -2.06. The number of hydrogen-bond donors (Lipinski definition) is 0. The highest BCUT2D eigenvalue weighted by molar-refractivity contribution is 7.81. The fourth-order valence-corrected chi connectivity index (χ4v) is 2.17. The van der Waals surface area contributed by atoms with E-state index < -0.39 is 0 Å². The molecule has 1 nitrogen and oxygen atoms in total. The Morgan fingerprint density at radius 1 is 1.12 bits per heavy atom. The molecule has 0 aliphatic rings. The van der Waals surface area contributed by atoms with Gasteiger partial charge in [0.15, 0.2) is 0 Å². The molecule has 0 N–H and O–H groups in total. The Morgan fingerprint density at radius 3 is 2.56 bits per heavy atom. The van der Waals surface area contributed by atoms with Crippen LogP contribution in [0.2, 0.25) is 0 Å². The van der Waals surface area contributed by atoms with E-state index in [1.165, 1.54) is 0 Å². The summed E-state index contributed by atoms with van der Waals surface area (Å²) in [5.41, 5.74) is 1.00. The minimum Gasteiger partial charge on any atom is -0.300 e. The Bertz CT molecular complexity index is 552. The van der Waals surface area contributed by atoms with Crippen molar-refractivity contribution in [1.82, 2.24) is 0 Å². The van der Waals surface area contributed by atoms with Crippen LogP contribution in [0, 0.1) is 0 Å². The van der Waals surface area contributed by atoms with Crippen LogP contribution in [0.4, 0.5) is 0 Å². The quantitative estimate of drug-likeness (QED) is 0.590. The SMILES string of the molecule is CC(=O)CC(=S)c1cccc2ccccc12. The van der Waals surface area contributed by atoms with E-state index in [-0.39, 0.29) is 5.78 Å². The zero-order valence-electron chi connectivity index (χ0n) is 9.07. The molecule has 0 amide bonds. The summed E-state index contributed by atoms with van der Waals surface area (Å²) in [6.07, 6.45) is 0.351. The van der Waals surface area contributed by atoms with Crippen LogP contribution in [0.1, 0.15) is 18.9 Å². The highest BCUT2D eigenvalue weighted by Gasteiger charge is 2.07. The van der Waals surface area contributed by atoms with E-state index in [4.69, 9.17) is 12.2 Å². The number of fused-ring (bicyclic) bond motifs is 1. The van der Waals surface area contributed by atoms with Crippen LogP contribution in [0.15, 0.2) is 42.5 Å². The summed E-state index contributed by atoms with van der Waals surface area (Å²) in [4.78, 5) is 11.8. The van der Waals surface area contributed by atoms with Crippen molar-refractivity contribution in [1.29, 1.82) is 0 Å². The number of thiocarbonyl (C=S) groups is 1. The smallest absolute Gasteiger partial charge is 0.135 e. The van der Waals surface area contributed by atoms with E-state index in [1.54, 1.807) is 6.92 Å². The van der Waals surface area contributed by atoms with E-state index >= 15 is 0 Å². The summed E-state index contributed by atoms with van der Waals surface area (Å²) < 4.78 is 0. The lowest BCUT2D eigenvalue weighted by molar-refractivity contribution is -0.115. The van der Waals surface area contributed by atoms with Gasteiger partial charge in [0.2, 0.25) is 0 Å². The molecule has 2 aromatic rings. The van der Waals surface area contributed by atoms with Crippen molar-refractivity contribution in [2.75, 3.05) is 0 Å². The van der Waals surface area contributed by atoms with E-state index in [0.29, 0.717) is 6.42 Å². The van der Waals surface area contributed by atoms with Crippen molar-refractivity contribution in [2.45, 2.75) is 13.3 Å². The molecule has 0 radical (unpaired) electrons. The molecule has 0 spiro atoms. The zero-order chi connectivity index (χ0) is 11.5. The van der Waals surface area contributed by atoms with Gasteiger partial charge in [-0.2, -0.15) is 0 Å². The average molecular weight is 228 g/mol. The standard InChI is InChI=1S/C14H12OS/c1-10(15)9-14(16)13-8-4-6-11-5-2-3-7-12(11)13/h2-8H,9H2,1H3. The Kier molecular flexibility index (Phi) is 3.11. The average Bonchev–Trinajstić information content (AvgIpc) is 2.27. The molecule has 0 heterocycles. The van der Waals surface area contributed by atoms with E-state index in [0.717, 1.165) is 21.2 Å². The lowest BCUT2D eigenvalue weighted by Crippen LogP contribution is -2.04. The summed E-state index contributed by atoms with van der Waals surface area (Å²) in [7, 11) is 0. The van der Waals surface area contributed by atoms with Crippen molar-refractivity contribution in [2.24, 2.45) is 0 Å². The second-order valence-corrected chi connectivity index (χ2v) is 4.32. The summed E-state index contributed by atoms with van der Waals surface area (Å²) in [6, 6.07) is 14.1. The van der Waals surface area contributed by atoms with E-state index in [2.05, 4.69) is 12.1 Å². The topological polar surface area (TPSA) is 17.1 Å². The Hall–Kier alpha value is -1.54. The predicted molar refractivity (Wildman–Crippen MR) is 70.9 cm³/mol. The fourth-order valence-electron chi connectivity index (χ4n) is 1.79. The highest BCUT2D eigenvalue weighted by atomic mass is 32.1. The van der Waals surface area contributed by atoms with Crippen LogP contribution in [-0.2, 0) is 4.79 Å². The van der Waals surface area contributed by atoms with E-state index in [1.807, 2.05) is 30.3 Å². The Labute approximate surface area is 100 Å². The van der Waals surface area contributed by atoms with Crippen molar-refractivity contribution < 1.29 is 4.79 Å². The van der Waals surface area contributed by atoms with Gasteiger partial charge in [-0.15, -0.1) is 0 Å². The first kappa shape index (κ1) is 11.0. The first-order chi connectivity index (χ1) is 7.68. The lowest BCUT2D eigenvalue weighted by atomic mass is 10.00. The molecule has 0 aliphatic carbocycles. The van der Waals surface area contributed by atoms with Gasteiger partial charge < -0.3 is 0 Å². The van der Waals surface area contributed by atoms with Gasteiger partial charge in [0.1, 0.15) is 5.78 Å². The summed E-state index contributed by atoms with van der Waals surface area (Å²) in [5, 5.41) is 2.28. The number of hydrogen-bond acceptors (Lipinski definition) is 2. The van der Waals surface area contributed by atoms with Crippen LogP contribution in [-0.4, -0.2) is 10.6 Å². The largest absolute Gasteiger partial charge is 0.300 e. The minimum absolute atomic E-state index is 0.109. The monoisotopic (exact) mass is 228 g/mol. The predicted octanol–water partition coefficient (Wildman–Crippen LogP) is 3.54. The first-order valence-electron chi connectivity index (χ1n) is 5.19. The minimum atomic E-state index is 0.109. The van der Waals surface area contributed by atoms with Gasteiger partial charge in [-0.05, 0) is 23.3 Å². The Morgan fingerprint density at radius 2 is 1.81 bits per heavy atom. The molecule has 0 aliphatic heterocycles. The molecule has 2 aromatic carbocycles. The number of rotatable bonds is 3. The van der Waals surface area contributed by atoms with Gasteiger partial charge in [-0.1, -0.05) is 54.7 Å². The first-order valence-corrected chi connectivity index (χ1v) is 5.59. The third kappa shape index (κ3) is 2.17. The number of carbonyl (C=O) groups is 1. The molecule has 0 aromatic heterocycles. The van der Waals surface area contributed by atoms with Crippen LogP contribution >= 0.6 is 12.2 Å². The molecular weight excluding hydrogens is 216 g/mol. The van der Waals surface area contributed by atoms with Crippen LogP contribution in [0.25, 0.3) is 10.8 Å². The summed E-state index contributed by atoms with van der Waals surface area (Å²) in [5.74, 6) is 0.109. The van der Waals surface area contributed by atoms with Crippen LogP contribution < -0.4 is 0 Å². The number of Topliss-reactive ketones (excluding diaryl/α,β-unsaturated/α-hetero) is 1. The van der Waals surface area contributed by atoms with Crippen molar-refractivity contribution in [3.05, 3.63) is 48.0 Å². The number of benzene rings is 2. The maximum absolute atomic E-state index is 11.1. The van der Waals surface area contributed by atoms with Gasteiger partial charge in [-0.25, -0.2) is 0 Å². The van der Waals surface area contributed by atoms with Crippen LogP contribution in [0.3, 0.4) is 0 Å². The second kappa shape index (κ2) is 4.54. The molecule has 2 heteroatoms. The van der Waals surface area contributed by atoms with Gasteiger partial charge in [0.05, 0.1) is 0 Å². The fraction of sp³-hybridized carbons (Fsp3) is 0.143. The van der Waals surface area contributed by atoms with Gasteiger partial charge in [0.25, 0.3) is 0 Å². The molecule has 2 rings (SSSR count). The maximum Gasteiger partial charge on any atom is 0.135 e. The van der Waals surface area contributed by atoms with Crippen molar-refractivity contribution in [3.8, 4) is 0 Å². The molecule has 0 bridgehead atoms. The van der Waals surface area contributed by atoms with Crippen LogP contribution in [0.5, 0.6) is 0 Å². The Balaban J connectivity index is 2.52. The zero-order valence-corrected chi connectivity index (χ0v) is 9.88. The van der Waals surface area contributed by atoms with Crippen molar-refractivity contribution in [3.63, 3.8) is 0 Å². The number of ketones is 1. The van der Waals surface area contributed by atoms with E-state index in [9.17, 15) is 4.79 Å². The molecule has 0 atom stereocenters. The molecule has 0 saturated heterocycles. The normalized spacial score (nSPS) is 10.3. The summed E-state index contributed by atoms with van der Waals surface area (Å²) in [6.45, 7) is 1.57. The third-order valence-corrected chi connectivity index (χ3v) is 2.86. The molecule has 16 heavy (non-hydrogen) atoms. The molecule has 80 valence electrons. The van der Waals surface area contributed by atoms with Gasteiger partial charge >= 0.3 is 0 Å². The molecule has 0 unspecified atom stereocenters. The van der Waals surface area contributed by atoms with Gasteiger partial charge in [0, 0.05) is 11.3 Å². The summed E-state index contributed by atoms with van der Waals surface area (Å²) >= 11 is 5.30. The van der Waals surface area contributed by atoms with Gasteiger partial charge in [-0.3, -0.25) is 4.79 Å². The second-order valence-electron chi connectivity index (χ2n) is 3.83. The van der Waals surface area contributed by atoms with Crippen molar-refractivity contribution >= 4 is 33.6 Å². The maximum atomic E-state index is 11.1. The highest BCUT2D eigenvalue weighted by Crippen LogP contribution is 2.20.